The van der Waals surface area contributed by atoms with Gasteiger partial charge in [-0.15, -0.1) is 0 Å². The van der Waals surface area contributed by atoms with Gasteiger partial charge in [-0.25, -0.2) is 14.4 Å². The molecule has 0 bridgehead atoms. The Labute approximate surface area is 721 Å². The molecule has 0 saturated carbocycles. The van der Waals surface area contributed by atoms with Crippen LogP contribution in [0.3, 0.4) is 0 Å². The number of amidine groups is 3. The van der Waals surface area contributed by atoms with Crippen LogP contribution in [0.4, 0.5) is 59.9 Å². The minimum Gasteiger partial charge on any atom is -0.340 e. The first kappa shape index (κ1) is 90.2. The summed E-state index contributed by atoms with van der Waals surface area (Å²) >= 11 is 0. The van der Waals surface area contributed by atoms with Crippen LogP contribution in [0.1, 0.15) is 106 Å². The zero-order valence-corrected chi connectivity index (χ0v) is 72.6. The smallest absolute Gasteiger partial charge is 0.318 e. The van der Waals surface area contributed by atoms with Crippen molar-refractivity contribution in [1.29, 1.82) is 0 Å². The Morgan fingerprint density at radius 2 is 0.748 bits per heavy atom. The average molecular weight is 1660 g/mol. The Hall–Kier alpha value is -13.6. The topological polar surface area (TPSA) is 325 Å². The molecule has 6 aliphatic heterocycles. The fraction of sp³-hybridized carbons (Fsp3) is 0.316. The second kappa shape index (κ2) is 40.2. The molecule has 28 heteroatoms. The van der Waals surface area contributed by atoms with Crippen molar-refractivity contribution < 1.29 is 38.4 Å². The normalized spacial score (nSPS) is 16.3. The van der Waals surface area contributed by atoms with Crippen molar-refractivity contribution in [3.8, 4) is 0 Å². The van der Waals surface area contributed by atoms with Crippen LogP contribution in [0.15, 0.2) is 268 Å². The van der Waals surface area contributed by atoms with Gasteiger partial charge in [0.2, 0.25) is 17.7 Å². The maximum atomic E-state index is 13.6. The lowest BCUT2D eigenvalue weighted by molar-refractivity contribution is -0.112. The summed E-state index contributed by atoms with van der Waals surface area (Å²) in [6, 6.07) is 55.2. The van der Waals surface area contributed by atoms with Crippen LogP contribution in [0.5, 0.6) is 0 Å². The minimum absolute atomic E-state index is 0.0222. The minimum atomic E-state index is -0.488. The van der Waals surface area contributed by atoms with E-state index < -0.39 is 16.6 Å². The van der Waals surface area contributed by atoms with Gasteiger partial charge in [0.05, 0.1) is 68.0 Å². The molecule has 6 aliphatic rings. The van der Waals surface area contributed by atoms with E-state index in [-0.39, 0.29) is 65.8 Å². The second-order valence-electron chi connectivity index (χ2n) is 33.1. The molecule has 123 heavy (non-hydrogen) atoms. The third-order valence-corrected chi connectivity index (χ3v) is 22.1. The second-order valence-corrected chi connectivity index (χ2v) is 33.1. The highest BCUT2D eigenvalue weighted by molar-refractivity contribution is 6.15. The predicted molar refractivity (Wildman–Crippen MR) is 494 cm³/mol. The molecule has 13 rings (SSSR count). The maximum absolute atomic E-state index is 13.6. The van der Waals surface area contributed by atoms with E-state index in [1.807, 2.05) is 207 Å². The summed E-state index contributed by atoms with van der Waals surface area (Å²) in [7, 11) is 11.8. The van der Waals surface area contributed by atoms with E-state index in [0.717, 1.165) is 92.1 Å². The molecule has 0 spiro atoms. The average Bonchev–Trinajstić information content (AvgIpc) is 1.60. The Bertz CT molecular complexity index is 5330. The molecule has 642 valence electrons. The van der Waals surface area contributed by atoms with Gasteiger partial charge in [-0.05, 0) is 240 Å². The highest BCUT2D eigenvalue weighted by Crippen LogP contribution is 2.42. The van der Waals surface area contributed by atoms with Crippen molar-refractivity contribution in [2.24, 2.45) is 15.0 Å². The van der Waals surface area contributed by atoms with Crippen LogP contribution in [0.25, 0.3) is 0 Å². The number of hydrogen-bond acceptors (Lipinski definition) is 17. The number of nitrogens with zero attached hydrogens (tertiary/aromatic N) is 9. The zero-order valence-electron chi connectivity index (χ0n) is 72.6. The lowest BCUT2D eigenvalue weighted by Gasteiger charge is -2.36. The molecule has 0 saturated heterocycles. The van der Waals surface area contributed by atoms with Crippen molar-refractivity contribution in [1.82, 2.24) is 45.3 Å². The molecule has 11 amide bonds. The summed E-state index contributed by atoms with van der Waals surface area (Å²) in [5.74, 6) is 0.873. The van der Waals surface area contributed by atoms with Crippen LogP contribution in [-0.2, 0) is 14.4 Å². The van der Waals surface area contributed by atoms with Crippen molar-refractivity contribution in [2.45, 2.75) is 96.6 Å². The highest BCUT2D eigenvalue weighted by Gasteiger charge is 2.49. The van der Waals surface area contributed by atoms with Gasteiger partial charge in [-0.1, -0.05) is 105 Å². The van der Waals surface area contributed by atoms with Crippen molar-refractivity contribution in [2.75, 3.05) is 144 Å². The fourth-order valence-electron chi connectivity index (χ4n) is 15.5. The lowest BCUT2D eigenvalue weighted by Crippen LogP contribution is -2.53. The van der Waals surface area contributed by atoms with Gasteiger partial charge < -0.3 is 87.9 Å². The van der Waals surface area contributed by atoms with Crippen molar-refractivity contribution >= 4 is 111 Å². The number of aliphatic imine (C=N–C) groups is 3. The van der Waals surface area contributed by atoms with Gasteiger partial charge in [0, 0.05) is 105 Å². The molecule has 7 aromatic rings. The van der Waals surface area contributed by atoms with Gasteiger partial charge in [0.1, 0.15) is 17.5 Å². The number of carbonyl (C=O) groups excluding carboxylic acids is 8. The van der Waals surface area contributed by atoms with E-state index in [4.69, 9.17) is 15.0 Å². The van der Waals surface area contributed by atoms with E-state index in [0.29, 0.717) is 91.9 Å². The number of anilines is 8. The van der Waals surface area contributed by atoms with Gasteiger partial charge in [-0.2, -0.15) is 0 Å². The monoisotopic (exact) mass is 1660 g/mol. The van der Waals surface area contributed by atoms with Gasteiger partial charge in [-0.3, -0.25) is 38.9 Å². The summed E-state index contributed by atoms with van der Waals surface area (Å²) in [5, 5.41) is 33.9. The molecule has 28 nitrogen and oxygen atoms in total. The SMILES string of the molecule is C=CC(=O)Nc1ccc(C(=O)Nc2cccc(NC3=NCC4=C3CN(C(=O)NC(C)CN(C)C)C4(C)C)c2)cc1.C=CC(=O)Nc1cccc(NC2=NCC3=C2CN(C(=O)N[C@H](CN(C)C)c2ccccc2)C3(C)C)c1.CC[C@@H](NC(=O)N1CC2=C(CN=C2Nc2cccc(NC(=O)c3ccc(NC(=O)/C=C/CN(C)C)cc3)c2)C1(C)C)c1ccccc1. The largest absolute Gasteiger partial charge is 0.340 e. The molecule has 0 fully saturated rings. The molecular formula is C95H114N20O8. The first-order valence-corrected chi connectivity index (χ1v) is 41.1. The highest BCUT2D eigenvalue weighted by atomic mass is 16.2. The number of carbonyl (C=O) groups is 8. The van der Waals surface area contributed by atoms with E-state index in [2.05, 4.69) is 125 Å². The van der Waals surface area contributed by atoms with Crippen LogP contribution in [0, 0.1) is 0 Å². The standard InChI is InChI=1S/C37H43N7O3.C30H37N7O3.C28H34N6O2/c1-6-32(25-12-8-7-9-13-25)42-36(47)44-24-30-31(37(44,2)3)23-38-34(30)40-28-14-10-15-29(22-28)41-35(46)26-17-19-27(20-18-26)39-33(45)16-11-21-43(4)5;1-7-26(38)33-21-13-11-20(12-14-21)28(39)35-23-10-8-9-22(15-23)34-27-24-18-37(30(3,4)25(24)16-31-27)29(40)32-19(2)17-36(5)6;1-6-25(35)30-20-13-10-14-21(15-20)31-26-22-17-34(28(2,3)23(22)16-29-26)27(36)32-24(18-33(4)5)19-11-8-7-9-12-19/h7-20,22,32H,6,21,23-24H2,1-5H3,(H,38,40)(H,39,45)(H,41,46)(H,42,47);7-15,19H,1,16-18H2,2-6H3,(H,31,34)(H,32,40)(H,33,38)(H,35,39);6-15,24H,1,16-18H2,2-5H3,(H,29,31)(H,30,35)(H,32,36)/b16-11+;;/t32-;;24-/m1.1/s1. The van der Waals surface area contributed by atoms with Gasteiger partial charge >= 0.3 is 18.1 Å². The first-order valence-electron chi connectivity index (χ1n) is 41.1. The van der Waals surface area contributed by atoms with E-state index in [9.17, 15) is 38.4 Å². The molecular weight excluding hydrogens is 1550 g/mol. The molecule has 3 atom stereocenters. The third kappa shape index (κ3) is 22.9. The number of benzene rings is 7. The first-order chi connectivity index (χ1) is 58.7. The number of urea groups is 3. The molecule has 7 aromatic carbocycles. The van der Waals surface area contributed by atoms with Gasteiger partial charge in [0.25, 0.3) is 11.8 Å². The van der Waals surface area contributed by atoms with Crippen molar-refractivity contribution in [3.05, 3.63) is 275 Å². The summed E-state index contributed by atoms with van der Waals surface area (Å²) in [4.78, 5) is 127. The Kier molecular flexibility index (Phi) is 29.5. The molecule has 0 aromatic heterocycles. The van der Waals surface area contributed by atoms with Crippen LogP contribution >= 0.6 is 0 Å². The molecule has 0 aliphatic carbocycles. The summed E-state index contributed by atoms with van der Waals surface area (Å²) in [5.41, 5.74) is 13.6. The number of rotatable bonds is 25. The van der Waals surface area contributed by atoms with Crippen LogP contribution < -0.4 is 58.5 Å². The number of amides is 11. The van der Waals surface area contributed by atoms with E-state index in [1.54, 1.807) is 54.6 Å². The predicted octanol–water partition coefficient (Wildman–Crippen LogP) is 14.0. The third-order valence-electron chi connectivity index (χ3n) is 22.1. The Morgan fingerprint density at radius 3 is 1.11 bits per heavy atom. The fourth-order valence-corrected chi connectivity index (χ4v) is 15.5. The zero-order chi connectivity index (χ0) is 88.5. The van der Waals surface area contributed by atoms with Crippen molar-refractivity contribution in [3.63, 3.8) is 0 Å². The number of nitrogens with one attached hydrogen (secondary N) is 11. The quantitative estimate of drug-likeness (QED) is 0.0237. The molecule has 11 N–H and O–H groups in total. The Balaban J connectivity index is 0.000000181. The van der Waals surface area contributed by atoms with E-state index in [1.165, 1.54) is 18.2 Å². The number of hydrogen-bond donors (Lipinski definition) is 11. The van der Waals surface area contributed by atoms with Crippen LogP contribution in [0.2, 0.25) is 0 Å². The molecule has 6 heterocycles. The lowest BCUT2D eigenvalue weighted by atomic mass is 9.94. The maximum Gasteiger partial charge on any atom is 0.318 e. The molecule has 0 radical (unpaired) electrons. The summed E-state index contributed by atoms with van der Waals surface area (Å²) in [6.45, 7) is 28.5. The summed E-state index contributed by atoms with van der Waals surface area (Å²) < 4.78 is 0. The van der Waals surface area contributed by atoms with Crippen LogP contribution in [-0.4, -0.2) is 218 Å². The molecule has 1 unspecified atom stereocenters. The summed E-state index contributed by atoms with van der Waals surface area (Å²) in [6.07, 6.45) is 6.48. The number of likely N-dealkylation sites (N-methyl/N-ethyl adjacent to an activating group) is 3. The van der Waals surface area contributed by atoms with Gasteiger partial charge in [0.15, 0.2) is 0 Å². The van der Waals surface area contributed by atoms with E-state index >= 15 is 0 Å². The Morgan fingerprint density at radius 1 is 0.407 bits per heavy atom.